The molecule has 2 atom stereocenters. The third-order valence-electron chi connectivity index (χ3n) is 7.89. The Kier molecular flexibility index (Phi) is 10.8. The van der Waals surface area contributed by atoms with E-state index in [0.29, 0.717) is 30.2 Å². The summed E-state index contributed by atoms with van der Waals surface area (Å²) in [5, 5.41) is 10.6. The lowest BCUT2D eigenvalue weighted by molar-refractivity contribution is -0.169. The Hall–Kier alpha value is -3.91. The van der Waals surface area contributed by atoms with Crippen molar-refractivity contribution in [2.24, 2.45) is 4.99 Å². The molecule has 0 aromatic heterocycles. The number of amides is 1. The number of anilines is 1. The Morgan fingerprint density at radius 2 is 1.68 bits per heavy atom. The summed E-state index contributed by atoms with van der Waals surface area (Å²) >= 11 is 0. The summed E-state index contributed by atoms with van der Waals surface area (Å²) in [5.41, 5.74) is 0.691. The maximum Gasteiger partial charge on any atom is 0.473 e. The SMILES string of the molecule is CCOc1cc2c(c(F)c1OCC)C(=NC(=O)C(F)(F)F)N(CC(=O)c1cc(N3C[C@H](OCC)[C@@H](O)C3)c(OC)c(C(C)(C)C)c1)C2. The molecule has 1 amide bonds. The van der Waals surface area contributed by atoms with E-state index in [-0.39, 0.29) is 54.5 Å². The van der Waals surface area contributed by atoms with Gasteiger partial charge in [0, 0.05) is 37.4 Å². The number of hydrogen-bond acceptors (Lipinski definition) is 8. The van der Waals surface area contributed by atoms with E-state index in [1.807, 2.05) is 32.6 Å². The normalized spacial score (nSPS) is 18.9. The van der Waals surface area contributed by atoms with Crippen molar-refractivity contribution in [1.82, 2.24) is 4.90 Å². The summed E-state index contributed by atoms with van der Waals surface area (Å²) in [6.07, 6.45) is -6.58. The minimum Gasteiger partial charge on any atom is -0.494 e. The number of nitrogens with zero attached hydrogens (tertiary/aromatic N) is 3. The van der Waals surface area contributed by atoms with Crippen LogP contribution in [0, 0.1) is 5.82 Å². The molecular weight excluding hydrogens is 626 g/mol. The van der Waals surface area contributed by atoms with E-state index in [1.54, 1.807) is 26.0 Å². The predicted octanol–water partition coefficient (Wildman–Crippen LogP) is 5.05. The molecule has 2 aromatic carbocycles. The summed E-state index contributed by atoms with van der Waals surface area (Å²) in [6.45, 7) is 11.3. The first-order valence-electron chi connectivity index (χ1n) is 15.4. The van der Waals surface area contributed by atoms with Crippen LogP contribution in [0.15, 0.2) is 23.2 Å². The maximum absolute atomic E-state index is 15.9. The fourth-order valence-corrected chi connectivity index (χ4v) is 5.80. The number of benzene rings is 2. The van der Waals surface area contributed by atoms with Crippen LogP contribution in [0.25, 0.3) is 0 Å². The number of rotatable bonds is 11. The highest BCUT2D eigenvalue weighted by Crippen LogP contribution is 2.43. The van der Waals surface area contributed by atoms with Gasteiger partial charge in [-0.15, -0.1) is 0 Å². The predicted molar refractivity (Wildman–Crippen MR) is 166 cm³/mol. The van der Waals surface area contributed by atoms with E-state index in [0.717, 1.165) is 4.90 Å². The lowest BCUT2D eigenvalue weighted by Crippen LogP contribution is -2.34. The fourth-order valence-electron chi connectivity index (χ4n) is 5.80. The molecule has 47 heavy (non-hydrogen) atoms. The van der Waals surface area contributed by atoms with Gasteiger partial charge in [0.1, 0.15) is 17.7 Å². The monoisotopic (exact) mass is 667 g/mol. The van der Waals surface area contributed by atoms with Crippen molar-refractivity contribution in [3.63, 3.8) is 0 Å². The zero-order chi connectivity index (χ0) is 34.8. The van der Waals surface area contributed by atoms with Gasteiger partial charge in [-0.05, 0) is 49.9 Å². The van der Waals surface area contributed by atoms with Crippen molar-refractivity contribution >= 4 is 23.2 Å². The third-order valence-corrected chi connectivity index (χ3v) is 7.89. The van der Waals surface area contributed by atoms with E-state index in [2.05, 4.69) is 4.99 Å². The molecule has 0 radical (unpaired) electrons. The smallest absolute Gasteiger partial charge is 0.473 e. The van der Waals surface area contributed by atoms with Gasteiger partial charge in [-0.25, -0.2) is 4.39 Å². The average molecular weight is 668 g/mol. The van der Waals surface area contributed by atoms with Gasteiger partial charge in [0.25, 0.3) is 0 Å². The van der Waals surface area contributed by atoms with Crippen LogP contribution in [0.5, 0.6) is 17.2 Å². The largest absolute Gasteiger partial charge is 0.494 e. The molecule has 2 aromatic rings. The van der Waals surface area contributed by atoms with Crippen LogP contribution in [0.4, 0.5) is 23.2 Å². The molecule has 4 rings (SSSR count). The van der Waals surface area contributed by atoms with Crippen LogP contribution < -0.4 is 19.1 Å². The number of Topliss-reactive ketones (excluding diaryl/α,β-unsaturated/α-hetero) is 1. The summed E-state index contributed by atoms with van der Waals surface area (Å²) in [4.78, 5) is 32.4. The molecule has 0 unspecified atom stereocenters. The molecule has 0 aliphatic carbocycles. The Morgan fingerprint density at radius 1 is 1.00 bits per heavy atom. The number of amidine groups is 1. The number of methoxy groups -OCH3 is 1. The highest BCUT2D eigenvalue weighted by atomic mass is 19.4. The van der Waals surface area contributed by atoms with Crippen LogP contribution in [0.3, 0.4) is 0 Å². The first-order valence-corrected chi connectivity index (χ1v) is 15.4. The van der Waals surface area contributed by atoms with Gasteiger partial charge in [0.05, 0.1) is 44.2 Å². The van der Waals surface area contributed by atoms with Crippen molar-refractivity contribution in [3.05, 3.63) is 46.3 Å². The molecule has 258 valence electrons. The van der Waals surface area contributed by atoms with Gasteiger partial charge < -0.3 is 33.9 Å². The summed E-state index contributed by atoms with van der Waals surface area (Å²) in [6, 6.07) is 4.67. The second-order valence-corrected chi connectivity index (χ2v) is 12.2. The zero-order valence-corrected chi connectivity index (χ0v) is 27.6. The number of hydrogen-bond donors (Lipinski definition) is 1. The number of ketones is 1. The number of alkyl halides is 3. The second kappa shape index (κ2) is 14.1. The Morgan fingerprint density at radius 3 is 2.26 bits per heavy atom. The van der Waals surface area contributed by atoms with Crippen LogP contribution in [-0.4, -0.2) is 92.5 Å². The first-order chi connectivity index (χ1) is 22.0. The number of β-amino-alcohol motifs (C(OH)–C–C–N with tert-alkyl or cyclic N) is 1. The van der Waals surface area contributed by atoms with Crippen LogP contribution in [0.1, 0.15) is 68.6 Å². The van der Waals surface area contributed by atoms with Crippen molar-refractivity contribution in [2.75, 3.05) is 51.5 Å². The van der Waals surface area contributed by atoms with Crippen LogP contribution in [-0.2, 0) is 21.5 Å². The topological polar surface area (TPSA) is 110 Å². The molecule has 1 fully saturated rings. The minimum absolute atomic E-state index is 0.0290. The molecule has 2 aliphatic rings. The molecule has 2 heterocycles. The molecule has 0 saturated carbocycles. The van der Waals surface area contributed by atoms with Crippen molar-refractivity contribution < 1.29 is 51.2 Å². The summed E-state index contributed by atoms with van der Waals surface area (Å²) < 4.78 is 78.6. The van der Waals surface area contributed by atoms with E-state index < -0.39 is 53.7 Å². The van der Waals surface area contributed by atoms with E-state index in [9.17, 15) is 27.9 Å². The van der Waals surface area contributed by atoms with Gasteiger partial charge in [0.2, 0.25) is 0 Å². The molecule has 0 spiro atoms. The Balaban J connectivity index is 1.80. The fraction of sp³-hybridized carbons (Fsp3) is 0.545. The zero-order valence-electron chi connectivity index (χ0n) is 27.6. The third kappa shape index (κ3) is 7.48. The van der Waals surface area contributed by atoms with Gasteiger partial charge >= 0.3 is 12.1 Å². The number of fused-ring (bicyclic) bond motifs is 1. The highest BCUT2D eigenvalue weighted by molar-refractivity contribution is 6.11. The molecular formula is C33H41F4N3O7. The van der Waals surface area contributed by atoms with Gasteiger partial charge in [-0.2, -0.15) is 18.2 Å². The number of halogens is 4. The molecule has 14 heteroatoms. The minimum atomic E-state index is -5.33. The number of aliphatic hydroxyl groups is 1. The van der Waals surface area contributed by atoms with Crippen molar-refractivity contribution in [1.29, 1.82) is 0 Å². The van der Waals surface area contributed by atoms with Crippen LogP contribution >= 0.6 is 0 Å². The Labute approximate surface area is 271 Å². The van der Waals surface area contributed by atoms with Gasteiger partial charge in [-0.3, -0.25) is 9.59 Å². The number of carbonyl (C=O) groups excluding carboxylic acids is 2. The number of carbonyl (C=O) groups is 2. The molecule has 1 saturated heterocycles. The number of ether oxygens (including phenoxy) is 4. The van der Waals surface area contributed by atoms with Crippen molar-refractivity contribution in [2.45, 2.75) is 71.9 Å². The molecule has 1 N–H and O–H groups in total. The van der Waals surface area contributed by atoms with Crippen LogP contribution in [0.2, 0.25) is 0 Å². The molecule has 10 nitrogen and oxygen atoms in total. The quantitative estimate of drug-likeness (QED) is 0.260. The van der Waals surface area contributed by atoms with E-state index in [4.69, 9.17) is 18.9 Å². The maximum atomic E-state index is 15.9. The summed E-state index contributed by atoms with van der Waals surface area (Å²) in [7, 11) is 1.51. The van der Waals surface area contributed by atoms with Gasteiger partial charge in [-0.1, -0.05) is 20.8 Å². The number of aliphatic hydroxyl groups excluding tert-OH is 1. The number of aliphatic imine (C=N–C) groups is 1. The lowest BCUT2D eigenvalue weighted by Gasteiger charge is -2.29. The average Bonchev–Trinajstić information content (AvgIpc) is 3.52. The van der Waals surface area contributed by atoms with Gasteiger partial charge in [0.15, 0.2) is 23.1 Å². The first kappa shape index (κ1) is 35.9. The van der Waals surface area contributed by atoms with E-state index in [1.165, 1.54) is 13.2 Å². The Bertz CT molecular complexity index is 1540. The van der Waals surface area contributed by atoms with Crippen molar-refractivity contribution in [3.8, 4) is 17.2 Å². The second-order valence-electron chi connectivity index (χ2n) is 12.2. The van der Waals surface area contributed by atoms with E-state index >= 15 is 4.39 Å². The lowest BCUT2D eigenvalue weighted by atomic mass is 9.84. The molecule has 0 bridgehead atoms. The standard InChI is InChI=1S/C33H41F4N3O7/c1-8-45-24-13-19-14-40(30(38-31(43)33(35,36)37)26(19)27(34)29(24)47-10-3)15-22(41)18-11-20(32(4,5)6)28(44-7)21(12-18)39-16-23(42)25(17-39)46-9-2/h11-13,23,25,42H,8-10,14-17H2,1-7H3/t23-,25-/m0/s1. The summed E-state index contributed by atoms with van der Waals surface area (Å²) in [5.74, 6) is -4.45. The molecule has 2 aliphatic heterocycles. The highest BCUT2D eigenvalue weighted by Gasteiger charge is 2.42.